The molecule has 0 aliphatic carbocycles. The second-order valence-electron chi connectivity index (χ2n) is 7.00. The fraction of sp³-hybridized carbons (Fsp3) is 0.316. The number of aromatic amines is 1. The molecule has 0 unspecified atom stereocenters. The summed E-state index contributed by atoms with van der Waals surface area (Å²) in [5.74, 6) is 0.0475. The van der Waals surface area contributed by atoms with Gasteiger partial charge >= 0.3 is 5.69 Å². The summed E-state index contributed by atoms with van der Waals surface area (Å²) in [6.07, 6.45) is 0.308. The van der Waals surface area contributed by atoms with Crippen LogP contribution in [0.15, 0.2) is 32.6 Å². The Morgan fingerprint density at radius 2 is 1.62 bits per heavy atom. The number of H-pyrrole nitrogens is 1. The van der Waals surface area contributed by atoms with Gasteiger partial charge in [0.25, 0.3) is 11.1 Å². The standard InChI is InChI=1S/C19H19Cl2N5O3/c1-9(2)12-7-11(23-25(3)18(12)28)8-13-14(20)5-10(6-15(13)21)16-17(27)22-19(29)26(4)24-16/h5-7,9H,8H2,1-4H3,(H,22,27,29). The minimum atomic E-state index is -0.630. The largest absolute Gasteiger partial charge is 0.344 e. The number of benzene rings is 1. The van der Waals surface area contributed by atoms with E-state index in [0.717, 1.165) is 4.68 Å². The van der Waals surface area contributed by atoms with Gasteiger partial charge in [-0.3, -0.25) is 14.6 Å². The molecule has 8 nitrogen and oxygen atoms in total. The molecule has 0 bridgehead atoms. The molecule has 0 aliphatic rings. The van der Waals surface area contributed by atoms with E-state index in [1.54, 1.807) is 25.2 Å². The number of aryl methyl sites for hydroxylation is 2. The van der Waals surface area contributed by atoms with Crippen LogP contribution in [-0.2, 0) is 20.5 Å². The molecule has 0 radical (unpaired) electrons. The van der Waals surface area contributed by atoms with Crippen LogP contribution in [0.2, 0.25) is 10.0 Å². The lowest BCUT2D eigenvalue weighted by Crippen LogP contribution is -2.31. The van der Waals surface area contributed by atoms with Gasteiger partial charge in [0.2, 0.25) is 0 Å². The highest BCUT2D eigenvalue weighted by molar-refractivity contribution is 6.36. The molecule has 0 fully saturated rings. The molecule has 0 aliphatic heterocycles. The number of nitrogens with one attached hydrogen (secondary N) is 1. The Morgan fingerprint density at radius 1 is 1.00 bits per heavy atom. The molecule has 0 spiro atoms. The average molecular weight is 436 g/mol. The maximum Gasteiger partial charge on any atom is 0.344 e. The van der Waals surface area contributed by atoms with Crippen molar-refractivity contribution in [3.05, 3.63) is 76.3 Å². The molecule has 29 heavy (non-hydrogen) atoms. The Balaban J connectivity index is 2.06. The minimum Gasteiger partial charge on any atom is -0.271 e. The molecule has 0 amide bonds. The van der Waals surface area contributed by atoms with E-state index in [0.29, 0.717) is 38.9 Å². The average Bonchev–Trinajstić information content (AvgIpc) is 2.63. The van der Waals surface area contributed by atoms with Gasteiger partial charge in [0.1, 0.15) is 0 Å². The first-order valence-electron chi connectivity index (χ1n) is 8.81. The third-order valence-electron chi connectivity index (χ3n) is 4.52. The molecule has 10 heteroatoms. The summed E-state index contributed by atoms with van der Waals surface area (Å²) in [6.45, 7) is 3.87. The second-order valence-corrected chi connectivity index (χ2v) is 7.82. The topological polar surface area (TPSA) is 103 Å². The number of hydrogen-bond acceptors (Lipinski definition) is 5. The monoisotopic (exact) mass is 435 g/mol. The van der Waals surface area contributed by atoms with E-state index >= 15 is 0 Å². The first-order valence-corrected chi connectivity index (χ1v) is 9.57. The van der Waals surface area contributed by atoms with E-state index in [-0.39, 0.29) is 17.2 Å². The van der Waals surface area contributed by atoms with Gasteiger partial charge in [-0.2, -0.15) is 10.2 Å². The van der Waals surface area contributed by atoms with Crippen LogP contribution in [0.25, 0.3) is 11.3 Å². The van der Waals surface area contributed by atoms with Gasteiger partial charge in [0.15, 0.2) is 5.69 Å². The highest BCUT2D eigenvalue weighted by Crippen LogP contribution is 2.31. The SMILES string of the molecule is CC(C)c1cc(Cc2c(Cl)cc(-c3nn(C)c(=O)[nH]c3=O)cc2Cl)nn(C)c1=O. The summed E-state index contributed by atoms with van der Waals surface area (Å²) in [5, 5.41) is 8.92. The highest BCUT2D eigenvalue weighted by atomic mass is 35.5. The lowest BCUT2D eigenvalue weighted by Gasteiger charge is -2.12. The van der Waals surface area contributed by atoms with E-state index in [1.165, 1.54) is 11.7 Å². The zero-order valence-electron chi connectivity index (χ0n) is 16.3. The number of nitrogens with zero attached hydrogens (tertiary/aromatic N) is 4. The van der Waals surface area contributed by atoms with Crippen molar-refractivity contribution in [3.63, 3.8) is 0 Å². The Kier molecular flexibility index (Phi) is 5.77. The van der Waals surface area contributed by atoms with Crippen LogP contribution in [0.4, 0.5) is 0 Å². The number of hydrogen-bond donors (Lipinski definition) is 1. The first-order chi connectivity index (χ1) is 13.6. The zero-order chi connectivity index (χ0) is 21.5. The van der Waals surface area contributed by atoms with Gasteiger partial charge in [-0.1, -0.05) is 37.0 Å². The molecule has 2 heterocycles. The molecule has 0 atom stereocenters. The summed E-state index contributed by atoms with van der Waals surface area (Å²) < 4.78 is 2.32. The van der Waals surface area contributed by atoms with Crippen LogP contribution in [0.5, 0.6) is 0 Å². The van der Waals surface area contributed by atoms with Crippen molar-refractivity contribution in [1.82, 2.24) is 24.5 Å². The fourth-order valence-electron chi connectivity index (χ4n) is 2.95. The van der Waals surface area contributed by atoms with Gasteiger partial charge in [-0.25, -0.2) is 14.2 Å². The van der Waals surface area contributed by atoms with E-state index in [2.05, 4.69) is 15.2 Å². The van der Waals surface area contributed by atoms with Crippen molar-refractivity contribution in [2.75, 3.05) is 0 Å². The van der Waals surface area contributed by atoms with E-state index in [9.17, 15) is 14.4 Å². The van der Waals surface area contributed by atoms with E-state index in [1.807, 2.05) is 13.8 Å². The molecule has 3 rings (SSSR count). The minimum absolute atomic E-state index is 0.0322. The lowest BCUT2D eigenvalue weighted by atomic mass is 10.0. The van der Waals surface area contributed by atoms with Gasteiger partial charge in [-0.15, -0.1) is 0 Å². The molecule has 1 aromatic carbocycles. The van der Waals surface area contributed by atoms with Gasteiger partial charge in [-0.05, 0) is 29.7 Å². The maximum atomic E-state index is 12.2. The Hall–Kier alpha value is -2.71. The van der Waals surface area contributed by atoms with Crippen molar-refractivity contribution < 1.29 is 0 Å². The molecule has 0 saturated carbocycles. The normalized spacial score (nSPS) is 11.3. The summed E-state index contributed by atoms with van der Waals surface area (Å²) in [4.78, 5) is 38.0. The Bertz CT molecular complexity index is 1250. The maximum absolute atomic E-state index is 12.2. The number of rotatable bonds is 4. The van der Waals surface area contributed by atoms with Crippen molar-refractivity contribution in [3.8, 4) is 11.3 Å². The van der Waals surface area contributed by atoms with E-state index in [4.69, 9.17) is 23.2 Å². The lowest BCUT2D eigenvalue weighted by molar-refractivity contribution is 0.658. The third-order valence-corrected chi connectivity index (χ3v) is 5.19. The van der Waals surface area contributed by atoms with Crippen molar-refractivity contribution in [2.45, 2.75) is 26.2 Å². The fourth-order valence-corrected chi connectivity index (χ4v) is 3.57. The molecule has 3 aromatic rings. The van der Waals surface area contributed by atoms with Crippen molar-refractivity contribution >= 4 is 23.2 Å². The molecule has 152 valence electrons. The predicted octanol–water partition coefficient (Wildman–Crippen LogP) is 2.25. The van der Waals surface area contributed by atoms with Crippen LogP contribution < -0.4 is 16.8 Å². The van der Waals surface area contributed by atoms with Gasteiger partial charge in [0, 0.05) is 41.7 Å². The smallest absolute Gasteiger partial charge is 0.271 e. The first kappa shape index (κ1) is 21.0. The third kappa shape index (κ3) is 4.18. The Morgan fingerprint density at radius 3 is 2.21 bits per heavy atom. The van der Waals surface area contributed by atoms with Crippen molar-refractivity contribution in [1.29, 1.82) is 0 Å². The van der Waals surface area contributed by atoms with Crippen LogP contribution in [-0.4, -0.2) is 24.5 Å². The second kappa shape index (κ2) is 7.96. The van der Waals surface area contributed by atoms with Crippen molar-refractivity contribution in [2.24, 2.45) is 14.1 Å². The number of aromatic nitrogens is 5. The molecular weight excluding hydrogens is 417 g/mol. The Labute approximate surface area is 175 Å². The predicted molar refractivity (Wildman–Crippen MR) is 112 cm³/mol. The molecule has 0 saturated heterocycles. The summed E-state index contributed by atoms with van der Waals surface area (Å²) in [7, 11) is 3.03. The van der Waals surface area contributed by atoms with Crippen LogP contribution in [0, 0.1) is 0 Å². The highest BCUT2D eigenvalue weighted by Gasteiger charge is 2.16. The molecule has 2 aromatic heterocycles. The molecular formula is C19H19Cl2N5O3. The zero-order valence-corrected chi connectivity index (χ0v) is 17.8. The van der Waals surface area contributed by atoms with Crippen LogP contribution >= 0.6 is 23.2 Å². The van der Waals surface area contributed by atoms with Gasteiger partial charge < -0.3 is 0 Å². The summed E-state index contributed by atoms with van der Waals surface area (Å²) in [5.41, 5.74) is 0.938. The summed E-state index contributed by atoms with van der Waals surface area (Å²) in [6, 6.07) is 4.89. The van der Waals surface area contributed by atoms with Crippen LogP contribution in [0.3, 0.4) is 0 Å². The van der Waals surface area contributed by atoms with E-state index < -0.39 is 11.2 Å². The number of halogens is 2. The van der Waals surface area contributed by atoms with Crippen LogP contribution in [0.1, 0.15) is 36.6 Å². The van der Waals surface area contributed by atoms with Gasteiger partial charge in [0.05, 0.1) is 5.69 Å². The summed E-state index contributed by atoms with van der Waals surface area (Å²) >= 11 is 12.9. The molecule has 1 N–H and O–H groups in total. The quantitative estimate of drug-likeness (QED) is 0.676.